The quantitative estimate of drug-likeness (QED) is 0.640. The Morgan fingerprint density at radius 3 is 2.82 bits per heavy atom. The third-order valence-electron chi connectivity index (χ3n) is 2.66. The Balaban J connectivity index is 2.17. The molecule has 0 spiro atoms. The summed E-state index contributed by atoms with van der Waals surface area (Å²) in [6.45, 7) is 0. The van der Waals surface area contributed by atoms with Gasteiger partial charge in [0, 0.05) is 30.4 Å². The minimum absolute atomic E-state index is 0.330. The molecule has 84 valence electrons. The molecule has 0 saturated carbocycles. The van der Waals surface area contributed by atoms with Crippen LogP contribution in [0.1, 0.15) is 0 Å². The van der Waals surface area contributed by atoms with E-state index in [0.29, 0.717) is 0 Å². The molecule has 0 radical (unpaired) electrons. The van der Waals surface area contributed by atoms with Crippen LogP contribution in [0.5, 0.6) is 0 Å². The lowest BCUT2D eigenvalue weighted by molar-refractivity contribution is 0.622. The lowest BCUT2D eigenvalue weighted by atomic mass is 10.1. The lowest BCUT2D eigenvalue weighted by Gasteiger charge is -2.00. The number of aromatic nitrogens is 3. The van der Waals surface area contributed by atoms with Gasteiger partial charge in [0.2, 0.25) is 0 Å². The third kappa shape index (κ3) is 1.78. The molecule has 0 saturated heterocycles. The van der Waals surface area contributed by atoms with Gasteiger partial charge in [-0.05, 0) is 17.7 Å². The summed E-state index contributed by atoms with van der Waals surface area (Å²) >= 11 is 0. The van der Waals surface area contributed by atoms with Crippen molar-refractivity contribution in [1.29, 1.82) is 0 Å². The van der Waals surface area contributed by atoms with E-state index in [1.807, 2.05) is 31.4 Å². The Morgan fingerprint density at radius 1 is 1.12 bits per heavy atom. The molecule has 17 heavy (non-hydrogen) atoms. The Labute approximate surface area is 97.5 Å². The fraction of sp³-hybridized carbons (Fsp3) is 0.0769. The Morgan fingerprint density at radius 2 is 2.00 bits per heavy atom. The maximum Gasteiger partial charge on any atom is 0.142 e. The normalized spacial score (nSPS) is 10.9. The van der Waals surface area contributed by atoms with E-state index in [4.69, 9.17) is 0 Å². The van der Waals surface area contributed by atoms with Crippen molar-refractivity contribution in [3.8, 4) is 11.1 Å². The van der Waals surface area contributed by atoms with E-state index < -0.39 is 0 Å². The average Bonchev–Trinajstić information content (AvgIpc) is 2.68. The number of benzene rings is 1. The summed E-state index contributed by atoms with van der Waals surface area (Å²) < 4.78 is 14.9. The number of nitrogens with zero attached hydrogens (tertiary/aromatic N) is 3. The fourth-order valence-electron chi connectivity index (χ4n) is 1.89. The highest BCUT2D eigenvalue weighted by atomic mass is 19.1. The van der Waals surface area contributed by atoms with E-state index >= 15 is 0 Å². The number of aryl methyl sites for hydroxylation is 1. The van der Waals surface area contributed by atoms with E-state index in [1.165, 1.54) is 12.3 Å². The number of pyridine rings is 1. The average molecular weight is 227 g/mol. The van der Waals surface area contributed by atoms with Gasteiger partial charge in [0.1, 0.15) is 5.82 Å². The molecule has 0 amide bonds. The SMILES string of the molecule is Cn1cc2ccc(-c3cncc(F)c3)cc2n1. The van der Waals surface area contributed by atoms with Gasteiger partial charge in [-0.15, -0.1) is 0 Å². The Hall–Kier alpha value is -2.23. The summed E-state index contributed by atoms with van der Waals surface area (Å²) in [6, 6.07) is 7.33. The van der Waals surface area contributed by atoms with Crippen LogP contribution < -0.4 is 0 Å². The number of rotatable bonds is 1. The van der Waals surface area contributed by atoms with Crippen molar-refractivity contribution in [2.75, 3.05) is 0 Å². The fourth-order valence-corrected chi connectivity index (χ4v) is 1.89. The first-order chi connectivity index (χ1) is 8.22. The minimum atomic E-state index is -0.330. The van der Waals surface area contributed by atoms with Gasteiger partial charge in [-0.3, -0.25) is 9.67 Å². The van der Waals surface area contributed by atoms with Gasteiger partial charge in [0.25, 0.3) is 0 Å². The summed E-state index contributed by atoms with van der Waals surface area (Å²) in [4.78, 5) is 3.85. The summed E-state index contributed by atoms with van der Waals surface area (Å²) in [6.07, 6.45) is 4.79. The van der Waals surface area contributed by atoms with Gasteiger partial charge in [-0.2, -0.15) is 5.10 Å². The largest absolute Gasteiger partial charge is 0.275 e. The molecule has 0 N–H and O–H groups in total. The molecule has 0 fully saturated rings. The summed E-state index contributed by atoms with van der Waals surface area (Å²) in [7, 11) is 1.88. The maximum absolute atomic E-state index is 13.1. The monoisotopic (exact) mass is 227 g/mol. The van der Waals surface area contributed by atoms with Crippen molar-refractivity contribution >= 4 is 10.9 Å². The highest BCUT2D eigenvalue weighted by molar-refractivity contribution is 5.83. The zero-order valence-corrected chi connectivity index (χ0v) is 9.26. The van der Waals surface area contributed by atoms with Crippen molar-refractivity contribution in [3.63, 3.8) is 0 Å². The molecule has 0 aliphatic rings. The molecule has 3 nitrogen and oxygen atoms in total. The Kier molecular flexibility index (Phi) is 2.14. The van der Waals surface area contributed by atoms with Crippen LogP contribution in [0.15, 0.2) is 42.9 Å². The van der Waals surface area contributed by atoms with E-state index in [9.17, 15) is 4.39 Å². The standard InChI is InChI=1S/C13H10FN3/c1-17-8-10-3-2-9(5-13(10)16-17)11-4-12(14)7-15-6-11/h2-8H,1H3. The molecular formula is C13H10FN3. The summed E-state index contributed by atoms with van der Waals surface area (Å²) in [5.74, 6) is -0.330. The second-order valence-electron chi connectivity index (χ2n) is 3.97. The first kappa shape index (κ1) is 9.96. The predicted molar refractivity (Wildman–Crippen MR) is 63.9 cm³/mol. The molecule has 2 heterocycles. The number of hydrogen-bond donors (Lipinski definition) is 0. The van der Waals surface area contributed by atoms with Gasteiger partial charge in [0.15, 0.2) is 0 Å². The number of hydrogen-bond acceptors (Lipinski definition) is 2. The van der Waals surface area contributed by atoms with Crippen LogP contribution in [-0.4, -0.2) is 14.8 Å². The van der Waals surface area contributed by atoms with Crippen molar-refractivity contribution in [3.05, 3.63) is 48.7 Å². The second kappa shape index (κ2) is 3.66. The van der Waals surface area contributed by atoms with Gasteiger partial charge in [0.05, 0.1) is 11.7 Å². The number of fused-ring (bicyclic) bond motifs is 1. The topological polar surface area (TPSA) is 30.7 Å². The molecule has 2 aromatic heterocycles. The molecule has 4 heteroatoms. The highest BCUT2D eigenvalue weighted by Crippen LogP contribution is 2.23. The molecule has 0 bridgehead atoms. The molecule has 0 aliphatic heterocycles. The van der Waals surface area contributed by atoms with Gasteiger partial charge >= 0.3 is 0 Å². The van der Waals surface area contributed by atoms with Gasteiger partial charge in [-0.1, -0.05) is 12.1 Å². The molecule has 0 unspecified atom stereocenters. The highest BCUT2D eigenvalue weighted by Gasteiger charge is 2.03. The smallest absolute Gasteiger partial charge is 0.142 e. The van der Waals surface area contributed by atoms with Gasteiger partial charge < -0.3 is 0 Å². The third-order valence-corrected chi connectivity index (χ3v) is 2.66. The number of halogens is 1. The van der Waals surface area contributed by atoms with Gasteiger partial charge in [-0.25, -0.2) is 4.39 Å². The van der Waals surface area contributed by atoms with Crippen LogP contribution in [-0.2, 0) is 7.05 Å². The van der Waals surface area contributed by atoms with E-state index in [1.54, 1.807) is 10.9 Å². The van der Waals surface area contributed by atoms with Crippen LogP contribution in [0.2, 0.25) is 0 Å². The second-order valence-corrected chi connectivity index (χ2v) is 3.97. The van der Waals surface area contributed by atoms with Crippen LogP contribution in [0.4, 0.5) is 4.39 Å². The Bertz CT molecular complexity index is 688. The first-order valence-electron chi connectivity index (χ1n) is 5.27. The van der Waals surface area contributed by atoms with Crippen molar-refractivity contribution < 1.29 is 4.39 Å². The molecule has 1 aromatic carbocycles. The summed E-state index contributed by atoms with van der Waals surface area (Å²) in [5.41, 5.74) is 2.58. The van der Waals surface area contributed by atoms with Crippen LogP contribution in [0.3, 0.4) is 0 Å². The molecular weight excluding hydrogens is 217 g/mol. The van der Waals surface area contributed by atoms with Crippen LogP contribution in [0.25, 0.3) is 22.0 Å². The first-order valence-corrected chi connectivity index (χ1v) is 5.27. The molecule has 0 aliphatic carbocycles. The molecule has 3 aromatic rings. The maximum atomic E-state index is 13.1. The van der Waals surface area contributed by atoms with E-state index in [2.05, 4.69) is 10.1 Å². The van der Waals surface area contributed by atoms with E-state index in [0.717, 1.165) is 22.0 Å². The summed E-state index contributed by atoms with van der Waals surface area (Å²) in [5, 5.41) is 5.39. The van der Waals surface area contributed by atoms with Crippen LogP contribution >= 0.6 is 0 Å². The zero-order valence-electron chi connectivity index (χ0n) is 9.26. The van der Waals surface area contributed by atoms with E-state index in [-0.39, 0.29) is 5.82 Å². The lowest BCUT2D eigenvalue weighted by Crippen LogP contribution is -1.85. The van der Waals surface area contributed by atoms with Crippen molar-refractivity contribution in [2.45, 2.75) is 0 Å². The van der Waals surface area contributed by atoms with Crippen molar-refractivity contribution in [1.82, 2.24) is 14.8 Å². The zero-order chi connectivity index (χ0) is 11.8. The predicted octanol–water partition coefficient (Wildman–Crippen LogP) is 2.77. The molecule has 3 rings (SSSR count). The minimum Gasteiger partial charge on any atom is -0.275 e. The van der Waals surface area contributed by atoms with Crippen LogP contribution in [0, 0.1) is 5.82 Å². The molecule has 0 atom stereocenters. The van der Waals surface area contributed by atoms with Crippen molar-refractivity contribution in [2.24, 2.45) is 7.05 Å².